The Bertz CT molecular complexity index is 350. The zero-order valence-corrected chi connectivity index (χ0v) is 9.04. The van der Waals surface area contributed by atoms with Gasteiger partial charge in [-0.3, -0.25) is 0 Å². The summed E-state index contributed by atoms with van der Waals surface area (Å²) in [7, 11) is 0. The number of ether oxygens (including phenoxy) is 1. The summed E-state index contributed by atoms with van der Waals surface area (Å²) in [5, 5.41) is 2.63. The number of amides is 1. The SMILES string of the molecule is CCOC(=O)NCc1ccc(C)c(N)c1. The lowest BCUT2D eigenvalue weighted by Gasteiger charge is -2.07. The second-order valence-electron chi connectivity index (χ2n) is 3.26. The Hall–Kier alpha value is -1.71. The molecule has 0 saturated carbocycles. The highest BCUT2D eigenvalue weighted by Crippen LogP contribution is 2.12. The summed E-state index contributed by atoms with van der Waals surface area (Å²) >= 11 is 0. The van der Waals surface area contributed by atoms with Crippen molar-refractivity contribution in [1.82, 2.24) is 5.32 Å². The van der Waals surface area contributed by atoms with Gasteiger partial charge >= 0.3 is 6.09 Å². The lowest BCUT2D eigenvalue weighted by atomic mass is 10.1. The molecule has 0 aliphatic rings. The number of rotatable bonds is 3. The number of carbonyl (C=O) groups excluding carboxylic acids is 1. The van der Waals surface area contributed by atoms with Gasteiger partial charge in [0.05, 0.1) is 6.61 Å². The normalized spacial score (nSPS) is 9.73. The molecule has 1 aromatic rings. The molecule has 0 aromatic heterocycles. The van der Waals surface area contributed by atoms with Crippen molar-refractivity contribution < 1.29 is 9.53 Å². The van der Waals surface area contributed by atoms with Crippen LogP contribution in [0.2, 0.25) is 0 Å². The van der Waals surface area contributed by atoms with Crippen molar-refractivity contribution in [2.45, 2.75) is 20.4 Å². The third-order valence-corrected chi connectivity index (χ3v) is 2.06. The van der Waals surface area contributed by atoms with Crippen molar-refractivity contribution in [2.75, 3.05) is 12.3 Å². The van der Waals surface area contributed by atoms with Crippen LogP contribution in [-0.4, -0.2) is 12.7 Å². The van der Waals surface area contributed by atoms with Crippen molar-refractivity contribution in [1.29, 1.82) is 0 Å². The van der Waals surface area contributed by atoms with E-state index in [9.17, 15) is 4.79 Å². The molecule has 3 N–H and O–H groups in total. The predicted octanol–water partition coefficient (Wildman–Crippen LogP) is 1.82. The summed E-state index contributed by atoms with van der Waals surface area (Å²) in [4.78, 5) is 11.0. The number of anilines is 1. The minimum Gasteiger partial charge on any atom is -0.450 e. The zero-order chi connectivity index (χ0) is 11.3. The number of nitrogens with two attached hydrogens (primary N) is 1. The second-order valence-corrected chi connectivity index (χ2v) is 3.26. The maximum Gasteiger partial charge on any atom is 0.407 e. The average Bonchev–Trinajstić information content (AvgIpc) is 2.20. The highest BCUT2D eigenvalue weighted by molar-refractivity contribution is 5.67. The molecule has 4 nitrogen and oxygen atoms in total. The second kappa shape index (κ2) is 5.24. The van der Waals surface area contributed by atoms with Gasteiger partial charge in [0.1, 0.15) is 0 Å². The van der Waals surface area contributed by atoms with Crippen LogP contribution in [0.1, 0.15) is 18.1 Å². The van der Waals surface area contributed by atoms with Gasteiger partial charge < -0.3 is 15.8 Å². The molecule has 0 bridgehead atoms. The largest absolute Gasteiger partial charge is 0.450 e. The maximum absolute atomic E-state index is 11.0. The van der Waals surface area contributed by atoms with Gasteiger partial charge in [-0.1, -0.05) is 12.1 Å². The van der Waals surface area contributed by atoms with Gasteiger partial charge in [-0.05, 0) is 31.0 Å². The molecule has 1 rings (SSSR count). The van der Waals surface area contributed by atoms with E-state index in [1.165, 1.54) is 0 Å². The van der Waals surface area contributed by atoms with E-state index in [0.717, 1.165) is 16.8 Å². The van der Waals surface area contributed by atoms with Gasteiger partial charge in [-0.25, -0.2) is 4.79 Å². The summed E-state index contributed by atoms with van der Waals surface area (Å²) in [5.74, 6) is 0. The van der Waals surface area contributed by atoms with E-state index in [1.807, 2.05) is 25.1 Å². The highest BCUT2D eigenvalue weighted by atomic mass is 16.5. The van der Waals surface area contributed by atoms with Crippen molar-refractivity contribution in [3.63, 3.8) is 0 Å². The number of hydrogen-bond donors (Lipinski definition) is 2. The molecule has 4 heteroatoms. The van der Waals surface area contributed by atoms with Crippen LogP contribution in [0.3, 0.4) is 0 Å². The third-order valence-electron chi connectivity index (χ3n) is 2.06. The fourth-order valence-corrected chi connectivity index (χ4v) is 1.16. The molecule has 0 aliphatic carbocycles. The number of alkyl carbamates (subject to hydrolysis) is 1. The van der Waals surface area contributed by atoms with Gasteiger partial charge in [0, 0.05) is 12.2 Å². The lowest BCUT2D eigenvalue weighted by molar-refractivity contribution is 0.151. The first-order chi connectivity index (χ1) is 7.13. The van der Waals surface area contributed by atoms with Crippen molar-refractivity contribution in [2.24, 2.45) is 0 Å². The summed E-state index contributed by atoms with van der Waals surface area (Å²) in [6, 6.07) is 5.71. The molecule has 15 heavy (non-hydrogen) atoms. The summed E-state index contributed by atoms with van der Waals surface area (Å²) in [6.07, 6.45) is -0.406. The Balaban J connectivity index is 2.51. The molecule has 82 valence electrons. The Kier molecular flexibility index (Phi) is 3.97. The van der Waals surface area contributed by atoms with Gasteiger partial charge in [0.25, 0.3) is 0 Å². The first-order valence-corrected chi connectivity index (χ1v) is 4.89. The summed E-state index contributed by atoms with van der Waals surface area (Å²) < 4.78 is 4.74. The lowest BCUT2D eigenvalue weighted by Crippen LogP contribution is -2.23. The van der Waals surface area contributed by atoms with Crippen molar-refractivity contribution >= 4 is 11.8 Å². The fraction of sp³-hybridized carbons (Fsp3) is 0.364. The van der Waals surface area contributed by atoms with Crippen LogP contribution in [0.25, 0.3) is 0 Å². The number of hydrogen-bond acceptors (Lipinski definition) is 3. The Morgan fingerprint density at radius 3 is 2.87 bits per heavy atom. The van der Waals surface area contributed by atoms with Crippen molar-refractivity contribution in [3.8, 4) is 0 Å². The van der Waals surface area contributed by atoms with Crippen molar-refractivity contribution in [3.05, 3.63) is 29.3 Å². The molecule has 0 unspecified atom stereocenters. The van der Waals surface area contributed by atoms with Crippen LogP contribution >= 0.6 is 0 Å². The zero-order valence-electron chi connectivity index (χ0n) is 9.04. The predicted molar refractivity (Wildman–Crippen MR) is 59.5 cm³/mol. The Morgan fingerprint density at radius 1 is 1.53 bits per heavy atom. The summed E-state index contributed by atoms with van der Waals surface area (Å²) in [5.41, 5.74) is 8.48. The van der Waals surface area contributed by atoms with E-state index in [4.69, 9.17) is 10.5 Å². The van der Waals surface area contributed by atoms with E-state index < -0.39 is 6.09 Å². The third kappa shape index (κ3) is 3.50. The molecule has 0 aliphatic heterocycles. The minimum atomic E-state index is -0.406. The molecule has 1 amide bonds. The van der Waals surface area contributed by atoms with E-state index >= 15 is 0 Å². The van der Waals surface area contributed by atoms with E-state index in [2.05, 4.69) is 5.32 Å². The number of benzene rings is 1. The minimum absolute atomic E-state index is 0.377. The van der Waals surface area contributed by atoms with Gasteiger partial charge in [-0.2, -0.15) is 0 Å². The molecular weight excluding hydrogens is 192 g/mol. The maximum atomic E-state index is 11.0. The van der Waals surface area contributed by atoms with E-state index in [0.29, 0.717) is 13.2 Å². The molecule has 0 atom stereocenters. The van der Waals surface area contributed by atoms with Crippen LogP contribution < -0.4 is 11.1 Å². The molecule has 0 saturated heterocycles. The molecule has 0 heterocycles. The molecular formula is C11H16N2O2. The van der Waals surface area contributed by atoms with Crippen LogP contribution in [-0.2, 0) is 11.3 Å². The molecule has 0 fully saturated rings. The Morgan fingerprint density at radius 2 is 2.27 bits per heavy atom. The summed E-state index contributed by atoms with van der Waals surface area (Å²) in [6.45, 7) is 4.52. The quantitative estimate of drug-likeness (QED) is 0.745. The number of nitrogens with one attached hydrogen (secondary N) is 1. The number of carbonyl (C=O) groups is 1. The number of aryl methyl sites for hydroxylation is 1. The van der Waals surface area contributed by atoms with Crippen LogP contribution in [0.5, 0.6) is 0 Å². The van der Waals surface area contributed by atoms with Gasteiger partial charge in [0.15, 0.2) is 0 Å². The fourth-order valence-electron chi connectivity index (χ4n) is 1.16. The number of nitrogen functional groups attached to an aromatic ring is 1. The average molecular weight is 208 g/mol. The van der Waals surface area contributed by atoms with Crippen LogP contribution in [0.4, 0.5) is 10.5 Å². The van der Waals surface area contributed by atoms with Crippen LogP contribution in [0.15, 0.2) is 18.2 Å². The van der Waals surface area contributed by atoms with E-state index in [-0.39, 0.29) is 0 Å². The van der Waals surface area contributed by atoms with Gasteiger partial charge in [-0.15, -0.1) is 0 Å². The molecule has 0 radical (unpaired) electrons. The highest BCUT2D eigenvalue weighted by Gasteiger charge is 2.01. The Labute approximate surface area is 89.4 Å². The van der Waals surface area contributed by atoms with Gasteiger partial charge in [0.2, 0.25) is 0 Å². The smallest absolute Gasteiger partial charge is 0.407 e. The molecule has 1 aromatic carbocycles. The van der Waals surface area contributed by atoms with Crippen LogP contribution in [0, 0.1) is 6.92 Å². The topological polar surface area (TPSA) is 64.3 Å². The standard InChI is InChI=1S/C11H16N2O2/c1-3-15-11(14)13-7-9-5-4-8(2)10(12)6-9/h4-6H,3,7,12H2,1-2H3,(H,13,14). The first-order valence-electron chi connectivity index (χ1n) is 4.89. The van der Waals surface area contributed by atoms with E-state index in [1.54, 1.807) is 6.92 Å². The monoisotopic (exact) mass is 208 g/mol. The first kappa shape index (κ1) is 11.4. The molecule has 0 spiro atoms.